The Hall–Kier alpha value is -2.25. The maximum Gasteiger partial charge on any atom is 0.311 e. The number of carboxylic acid groups (broad SMARTS) is 1. The van der Waals surface area contributed by atoms with Crippen LogP contribution in [-0.2, 0) is 18.4 Å². The number of tetrazole rings is 1. The maximum atomic E-state index is 11.4. The van der Waals surface area contributed by atoms with Crippen molar-refractivity contribution in [1.29, 1.82) is 0 Å². The highest BCUT2D eigenvalue weighted by Gasteiger charge is 2.45. The van der Waals surface area contributed by atoms with E-state index in [9.17, 15) is 9.90 Å². The van der Waals surface area contributed by atoms with E-state index in [0.29, 0.717) is 25.2 Å². The number of hydrogen-bond donors (Lipinski definition) is 1. The molecular formula is C11H14N6O2. The van der Waals surface area contributed by atoms with E-state index in [1.165, 1.54) is 0 Å². The Bertz CT molecular complexity index is 612. The molecule has 0 unspecified atom stereocenters. The van der Waals surface area contributed by atoms with Gasteiger partial charge in [-0.05, 0) is 23.3 Å². The molecule has 0 amide bonds. The summed E-state index contributed by atoms with van der Waals surface area (Å²) in [5.41, 5.74) is 0.0687. The Morgan fingerprint density at radius 2 is 2.32 bits per heavy atom. The van der Waals surface area contributed by atoms with Crippen LogP contribution in [0.1, 0.15) is 19.3 Å². The molecule has 2 heterocycles. The second-order valence-electron chi connectivity index (χ2n) is 5.00. The second-order valence-corrected chi connectivity index (χ2v) is 5.00. The molecule has 0 saturated heterocycles. The Labute approximate surface area is 109 Å². The number of aromatic nitrogens is 6. The van der Waals surface area contributed by atoms with Gasteiger partial charge in [0.1, 0.15) is 0 Å². The number of rotatable bonds is 4. The average Bonchev–Trinajstić information content (AvgIpc) is 2.91. The first-order valence-electron chi connectivity index (χ1n) is 6.09. The van der Waals surface area contributed by atoms with Crippen LogP contribution in [-0.4, -0.2) is 41.1 Å². The van der Waals surface area contributed by atoms with Crippen molar-refractivity contribution in [3.05, 3.63) is 12.4 Å². The number of aliphatic carboxylic acids is 1. The first-order valence-corrected chi connectivity index (χ1v) is 6.09. The van der Waals surface area contributed by atoms with Gasteiger partial charge in [-0.25, -0.2) is 4.68 Å². The third kappa shape index (κ3) is 1.88. The predicted octanol–water partition coefficient (Wildman–Crippen LogP) is 0.328. The minimum atomic E-state index is -0.772. The van der Waals surface area contributed by atoms with Gasteiger partial charge in [0.2, 0.25) is 0 Å². The normalized spacial score (nSPS) is 17.1. The Kier molecular flexibility index (Phi) is 2.58. The van der Waals surface area contributed by atoms with Gasteiger partial charge >= 0.3 is 5.97 Å². The zero-order valence-corrected chi connectivity index (χ0v) is 10.5. The monoisotopic (exact) mass is 262 g/mol. The molecule has 0 spiro atoms. The Morgan fingerprint density at radius 3 is 2.84 bits per heavy atom. The largest absolute Gasteiger partial charge is 0.481 e. The van der Waals surface area contributed by atoms with E-state index in [2.05, 4.69) is 20.6 Å². The lowest BCUT2D eigenvalue weighted by atomic mass is 9.69. The van der Waals surface area contributed by atoms with Gasteiger partial charge < -0.3 is 5.11 Å². The number of hydrogen-bond acceptors (Lipinski definition) is 5. The Morgan fingerprint density at radius 1 is 1.53 bits per heavy atom. The minimum Gasteiger partial charge on any atom is -0.481 e. The van der Waals surface area contributed by atoms with Gasteiger partial charge in [-0.15, -0.1) is 5.10 Å². The molecule has 0 aliphatic heterocycles. The third-order valence-electron chi connectivity index (χ3n) is 3.71. The van der Waals surface area contributed by atoms with Crippen LogP contribution >= 0.6 is 0 Å². The molecule has 0 radical (unpaired) electrons. The van der Waals surface area contributed by atoms with E-state index in [4.69, 9.17) is 0 Å². The van der Waals surface area contributed by atoms with E-state index in [-0.39, 0.29) is 0 Å². The fourth-order valence-electron chi connectivity index (χ4n) is 2.38. The summed E-state index contributed by atoms with van der Waals surface area (Å²) in [5, 5.41) is 24.9. The minimum absolute atomic E-state index is 0.305. The summed E-state index contributed by atoms with van der Waals surface area (Å²) in [6.07, 6.45) is 5.76. The number of nitrogens with zero attached hydrogens (tertiary/aromatic N) is 6. The fourth-order valence-corrected chi connectivity index (χ4v) is 2.38. The number of carboxylic acids is 1. The van der Waals surface area contributed by atoms with Crippen LogP contribution in [0.4, 0.5) is 0 Å². The smallest absolute Gasteiger partial charge is 0.311 e. The summed E-state index contributed by atoms with van der Waals surface area (Å²) in [6.45, 7) is 0.305. The third-order valence-corrected chi connectivity index (χ3v) is 3.71. The van der Waals surface area contributed by atoms with Crippen molar-refractivity contribution in [3.63, 3.8) is 0 Å². The molecule has 1 aliphatic rings. The summed E-state index contributed by atoms with van der Waals surface area (Å²) >= 11 is 0. The van der Waals surface area contributed by atoms with Gasteiger partial charge in [-0.3, -0.25) is 9.48 Å². The summed E-state index contributed by atoms with van der Waals surface area (Å²) in [7, 11) is 1.81. The molecule has 1 aliphatic carbocycles. The summed E-state index contributed by atoms with van der Waals surface area (Å²) in [6, 6.07) is 0. The summed E-state index contributed by atoms with van der Waals surface area (Å²) in [4.78, 5) is 11.4. The molecule has 8 heteroatoms. The molecule has 2 aromatic rings. The summed E-state index contributed by atoms with van der Waals surface area (Å²) < 4.78 is 3.22. The fraction of sp³-hybridized carbons (Fsp3) is 0.545. The van der Waals surface area contributed by atoms with Gasteiger partial charge in [0.15, 0.2) is 5.82 Å². The van der Waals surface area contributed by atoms with Gasteiger partial charge in [0.25, 0.3) is 0 Å². The molecule has 19 heavy (non-hydrogen) atoms. The van der Waals surface area contributed by atoms with Gasteiger partial charge in [-0.2, -0.15) is 5.10 Å². The van der Waals surface area contributed by atoms with Crippen LogP contribution in [0.25, 0.3) is 11.4 Å². The highest BCUT2D eigenvalue weighted by molar-refractivity contribution is 5.75. The Balaban J connectivity index is 1.90. The van der Waals surface area contributed by atoms with Crippen LogP contribution in [0.5, 0.6) is 0 Å². The van der Waals surface area contributed by atoms with Crippen molar-refractivity contribution in [2.24, 2.45) is 12.5 Å². The van der Waals surface area contributed by atoms with E-state index in [0.717, 1.165) is 12.0 Å². The first kappa shape index (κ1) is 11.8. The zero-order chi connectivity index (χ0) is 13.5. The average molecular weight is 262 g/mol. The van der Waals surface area contributed by atoms with Crippen molar-refractivity contribution in [2.75, 3.05) is 0 Å². The van der Waals surface area contributed by atoms with Gasteiger partial charge in [0.05, 0.1) is 23.7 Å². The van der Waals surface area contributed by atoms with Crippen molar-refractivity contribution < 1.29 is 9.90 Å². The second kappa shape index (κ2) is 4.15. The van der Waals surface area contributed by atoms with Gasteiger partial charge in [-0.1, -0.05) is 6.42 Å². The van der Waals surface area contributed by atoms with E-state index in [1.807, 2.05) is 7.05 Å². The molecule has 100 valence electrons. The topological polar surface area (TPSA) is 98.7 Å². The summed E-state index contributed by atoms with van der Waals surface area (Å²) in [5.74, 6) is -0.216. The quantitative estimate of drug-likeness (QED) is 0.852. The molecule has 1 saturated carbocycles. The highest BCUT2D eigenvalue weighted by atomic mass is 16.4. The molecule has 3 rings (SSSR count). The van der Waals surface area contributed by atoms with Gasteiger partial charge in [0, 0.05) is 13.2 Å². The van der Waals surface area contributed by atoms with Crippen molar-refractivity contribution in [2.45, 2.75) is 25.8 Å². The van der Waals surface area contributed by atoms with Crippen molar-refractivity contribution in [1.82, 2.24) is 30.0 Å². The van der Waals surface area contributed by atoms with E-state index >= 15 is 0 Å². The van der Waals surface area contributed by atoms with Crippen LogP contribution < -0.4 is 0 Å². The van der Waals surface area contributed by atoms with E-state index < -0.39 is 11.4 Å². The predicted molar refractivity (Wildman–Crippen MR) is 63.9 cm³/mol. The van der Waals surface area contributed by atoms with Crippen LogP contribution in [0.2, 0.25) is 0 Å². The standard InChI is InChI=1S/C11H14N6O2/c1-16-6-8(5-12-16)9-13-14-15-17(9)7-11(10(18)19)3-2-4-11/h5-6H,2-4,7H2,1H3,(H,18,19). The first-order chi connectivity index (χ1) is 9.11. The van der Waals surface area contributed by atoms with Crippen LogP contribution in [0, 0.1) is 5.41 Å². The lowest BCUT2D eigenvalue weighted by molar-refractivity contribution is -0.156. The van der Waals surface area contributed by atoms with Crippen LogP contribution in [0.15, 0.2) is 12.4 Å². The van der Waals surface area contributed by atoms with Crippen LogP contribution in [0.3, 0.4) is 0 Å². The highest BCUT2D eigenvalue weighted by Crippen LogP contribution is 2.42. The van der Waals surface area contributed by atoms with Crippen molar-refractivity contribution in [3.8, 4) is 11.4 Å². The van der Waals surface area contributed by atoms with Crippen molar-refractivity contribution >= 4 is 5.97 Å². The number of aryl methyl sites for hydroxylation is 1. The molecule has 1 N–H and O–H groups in total. The molecule has 0 atom stereocenters. The molecule has 2 aromatic heterocycles. The SMILES string of the molecule is Cn1cc(-c2nnnn2CC2(C(=O)O)CCC2)cn1. The molecule has 0 bridgehead atoms. The number of carbonyl (C=O) groups is 1. The maximum absolute atomic E-state index is 11.4. The lowest BCUT2D eigenvalue weighted by Crippen LogP contribution is -2.42. The molecule has 0 aromatic carbocycles. The molecule has 1 fully saturated rings. The molecular weight excluding hydrogens is 248 g/mol. The molecule has 8 nitrogen and oxygen atoms in total. The lowest BCUT2D eigenvalue weighted by Gasteiger charge is -2.37. The zero-order valence-electron chi connectivity index (χ0n) is 10.5. The van der Waals surface area contributed by atoms with E-state index in [1.54, 1.807) is 21.8 Å².